The van der Waals surface area contributed by atoms with Gasteiger partial charge < -0.3 is 10.5 Å². The molecule has 0 amide bonds. The first-order chi connectivity index (χ1) is 7.47. The van der Waals surface area contributed by atoms with Crippen molar-refractivity contribution in [1.82, 2.24) is 0 Å². The number of hydrogen-bond donors (Lipinski definition) is 1. The summed E-state index contributed by atoms with van der Waals surface area (Å²) in [6, 6.07) is 4.95. The molecule has 0 aliphatic rings. The van der Waals surface area contributed by atoms with Crippen LogP contribution in [0.25, 0.3) is 0 Å². The molecule has 0 spiro atoms. The second-order valence-corrected chi connectivity index (χ2v) is 4.32. The van der Waals surface area contributed by atoms with Crippen LogP contribution in [0.1, 0.15) is 29.8 Å². The zero-order valence-electron chi connectivity index (χ0n) is 10.3. The number of benzene rings is 1. The second-order valence-electron chi connectivity index (χ2n) is 4.32. The Balaban J connectivity index is 2.97. The molecule has 1 aromatic rings. The van der Waals surface area contributed by atoms with Crippen LogP contribution >= 0.6 is 0 Å². The van der Waals surface area contributed by atoms with Crippen molar-refractivity contribution >= 4 is 5.78 Å². The Bertz CT molecular complexity index is 386. The molecule has 3 nitrogen and oxygen atoms in total. The van der Waals surface area contributed by atoms with E-state index in [9.17, 15) is 4.79 Å². The molecule has 0 fully saturated rings. The number of ether oxygens (including phenoxy) is 1. The van der Waals surface area contributed by atoms with Crippen LogP contribution in [0.3, 0.4) is 0 Å². The number of carbonyl (C=O) groups excluding carboxylic acids is 1. The van der Waals surface area contributed by atoms with Gasteiger partial charge in [-0.05, 0) is 36.6 Å². The Labute approximate surface area is 96.6 Å². The molecular weight excluding hydrogens is 202 g/mol. The van der Waals surface area contributed by atoms with Crippen molar-refractivity contribution in [2.45, 2.75) is 26.8 Å². The third-order valence-corrected chi connectivity index (χ3v) is 2.70. The third-order valence-electron chi connectivity index (χ3n) is 2.70. The lowest BCUT2D eigenvalue weighted by molar-refractivity contribution is 0.0940. The average Bonchev–Trinajstić information content (AvgIpc) is 2.26. The van der Waals surface area contributed by atoms with E-state index in [4.69, 9.17) is 10.5 Å². The Hall–Kier alpha value is -1.35. The van der Waals surface area contributed by atoms with Gasteiger partial charge in [0, 0.05) is 5.56 Å². The van der Waals surface area contributed by atoms with E-state index in [0.29, 0.717) is 5.56 Å². The monoisotopic (exact) mass is 221 g/mol. The second kappa shape index (κ2) is 5.12. The van der Waals surface area contributed by atoms with Gasteiger partial charge in [-0.3, -0.25) is 4.79 Å². The molecule has 0 radical (unpaired) electrons. The minimum Gasteiger partial charge on any atom is -0.496 e. The molecule has 0 aliphatic heterocycles. The molecule has 2 N–H and O–H groups in total. The fourth-order valence-electron chi connectivity index (χ4n) is 1.53. The van der Waals surface area contributed by atoms with Crippen molar-refractivity contribution in [3.05, 3.63) is 29.3 Å². The average molecular weight is 221 g/mol. The van der Waals surface area contributed by atoms with Gasteiger partial charge in [-0.25, -0.2) is 0 Å². The fraction of sp³-hybridized carbons (Fsp3) is 0.462. The molecule has 1 aromatic carbocycles. The molecule has 1 atom stereocenters. The summed E-state index contributed by atoms with van der Waals surface area (Å²) in [4.78, 5) is 12.0. The largest absolute Gasteiger partial charge is 0.496 e. The summed E-state index contributed by atoms with van der Waals surface area (Å²) in [6.45, 7) is 5.80. The lowest BCUT2D eigenvalue weighted by Crippen LogP contribution is -2.35. The number of carbonyl (C=O) groups is 1. The van der Waals surface area contributed by atoms with Crippen molar-refractivity contribution in [2.24, 2.45) is 11.7 Å². The third kappa shape index (κ3) is 2.61. The normalized spacial score (nSPS) is 12.6. The number of rotatable bonds is 4. The van der Waals surface area contributed by atoms with Crippen LogP contribution < -0.4 is 10.5 Å². The number of nitrogens with two attached hydrogens (primary N) is 1. The number of methoxy groups -OCH3 is 1. The summed E-state index contributed by atoms with van der Waals surface area (Å²) in [7, 11) is 1.61. The predicted octanol–water partition coefficient (Wildman–Crippen LogP) is 2.17. The van der Waals surface area contributed by atoms with Crippen LogP contribution in [0, 0.1) is 12.8 Å². The maximum absolute atomic E-state index is 12.0. The summed E-state index contributed by atoms with van der Waals surface area (Å²) in [5.41, 5.74) is 7.43. The predicted molar refractivity (Wildman–Crippen MR) is 64.9 cm³/mol. The Morgan fingerprint density at radius 2 is 2.00 bits per heavy atom. The van der Waals surface area contributed by atoms with Crippen LogP contribution in [0.15, 0.2) is 18.2 Å². The number of hydrogen-bond acceptors (Lipinski definition) is 3. The van der Waals surface area contributed by atoms with E-state index in [1.54, 1.807) is 19.2 Å². The van der Waals surface area contributed by atoms with E-state index in [-0.39, 0.29) is 11.7 Å². The summed E-state index contributed by atoms with van der Waals surface area (Å²) in [6.07, 6.45) is 0. The highest BCUT2D eigenvalue weighted by Crippen LogP contribution is 2.20. The van der Waals surface area contributed by atoms with Crippen LogP contribution in [-0.2, 0) is 0 Å². The Morgan fingerprint density at radius 1 is 1.38 bits per heavy atom. The van der Waals surface area contributed by atoms with Crippen molar-refractivity contribution < 1.29 is 9.53 Å². The van der Waals surface area contributed by atoms with Crippen LogP contribution in [0.2, 0.25) is 0 Å². The highest BCUT2D eigenvalue weighted by atomic mass is 16.5. The van der Waals surface area contributed by atoms with Crippen LogP contribution in [0.4, 0.5) is 0 Å². The lowest BCUT2D eigenvalue weighted by Gasteiger charge is -2.15. The molecule has 16 heavy (non-hydrogen) atoms. The SMILES string of the molecule is COc1ccc(C(=O)C(N)C(C)C)cc1C. The number of ketones is 1. The molecule has 0 aliphatic carbocycles. The summed E-state index contributed by atoms with van der Waals surface area (Å²) < 4.78 is 5.15. The molecule has 0 heterocycles. The molecule has 0 saturated carbocycles. The summed E-state index contributed by atoms with van der Waals surface area (Å²) in [5, 5.41) is 0. The van der Waals surface area contributed by atoms with Crippen molar-refractivity contribution in [2.75, 3.05) is 7.11 Å². The minimum absolute atomic E-state index is 0.0132. The molecule has 1 rings (SSSR count). The van der Waals surface area contributed by atoms with E-state index >= 15 is 0 Å². The van der Waals surface area contributed by atoms with Gasteiger partial charge in [-0.2, -0.15) is 0 Å². The topological polar surface area (TPSA) is 52.3 Å². The van der Waals surface area contributed by atoms with Crippen LogP contribution in [0.5, 0.6) is 5.75 Å². The summed E-state index contributed by atoms with van der Waals surface area (Å²) in [5.74, 6) is 0.922. The highest BCUT2D eigenvalue weighted by Gasteiger charge is 2.19. The number of Topliss-reactive ketones (excluding diaryl/α,β-unsaturated/α-hetero) is 1. The quantitative estimate of drug-likeness (QED) is 0.793. The molecular formula is C13H19NO2. The van der Waals surface area contributed by atoms with Gasteiger partial charge in [0.05, 0.1) is 13.2 Å². The maximum atomic E-state index is 12.0. The zero-order chi connectivity index (χ0) is 12.3. The fourth-order valence-corrected chi connectivity index (χ4v) is 1.53. The van der Waals surface area contributed by atoms with E-state index in [1.165, 1.54) is 0 Å². The highest BCUT2D eigenvalue weighted by molar-refractivity contribution is 6.00. The molecule has 0 aromatic heterocycles. The standard InChI is InChI=1S/C13H19NO2/c1-8(2)12(14)13(15)10-5-6-11(16-4)9(3)7-10/h5-8,12H,14H2,1-4H3. The summed E-state index contributed by atoms with van der Waals surface area (Å²) >= 11 is 0. The molecule has 0 saturated heterocycles. The van der Waals surface area contributed by atoms with Gasteiger partial charge in [-0.15, -0.1) is 0 Å². The van der Waals surface area contributed by atoms with Gasteiger partial charge in [0.2, 0.25) is 0 Å². The van der Waals surface area contributed by atoms with E-state index in [1.807, 2.05) is 26.8 Å². The number of aryl methyl sites for hydroxylation is 1. The van der Waals surface area contributed by atoms with Gasteiger partial charge in [0.25, 0.3) is 0 Å². The van der Waals surface area contributed by atoms with Gasteiger partial charge in [-0.1, -0.05) is 13.8 Å². The smallest absolute Gasteiger partial charge is 0.179 e. The van der Waals surface area contributed by atoms with E-state index in [2.05, 4.69) is 0 Å². The Kier molecular flexibility index (Phi) is 4.07. The lowest BCUT2D eigenvalue weighted by atomic mass is 9.95. The maximum Gasteiger partial charge on any atom is 0.179 e. The molecule has 1 unspecified atom stereocenters. The van der Waals surface area contributed by atoms with E-state index in [0.717, 1.165) is 11.3 Å². The van der Waals surface area contributed by atoms with Crippen molar-refractivity contribution in [3.63, 3.8) is 0 Å². The first kappa shape index (κ1) is 12.7. The van der Waals surface area contributed by atoms with Crippen molar-refractivity contribution in [1.29, 1.82) is 0 Å². The Morgan fingerprint density at radius 3 is 2.44 bits per heavy atom. The minimum atomic E-state index is -0.437. The van der Waals surface area contributed by atoms with Gasteiger partial charge in [0.1, 0.15) is 5.75 Å². The van der Waals surface area contributed by atoms with E-state index < -0.39 is 6.04 Å². The molecule has 88 valence electrons. The van der Waals surface area contributed by atoms with Gasteiger partial charge >= 0.3 is 0 Å². The molecule has 0 bridgehead atoms. The van der Waals surface area contributed by atoms with Crippen molar-refractivity contribution in [3.8, 4) is 5.75 Å². The molecule has 3 heteroatoms. The first-order valence-corrected chi connectivity index (χ1v) is 5.41. The first-order valence-electron chi connectivity index (χ1n) is 5.41. The zero-order valence-corrected chi connectivity index (χ0v) is 10.3. The van der Waals surface area contributed by atoms with Gasteiger partial charge in [0.15, 0.2) is 5.78 Å². The van der Waals surface area contributed by atoms with Crippen LogP contribution in [-0.4, -0.2) is 18.9 Å².